The monoisotopic (exact) mass is 458 g/mol. The summed E-state index contributed by atoms with van der Waals surface area (Å²) in [5.74, 6) is -0.167. The van der Waals surface area contributed by atoms with Crippen molar-refractivity contribution in [3.05, 3.63) is 89.8 Å². The van der Waals surface area contributed by atoms with Gasteiger partial charge in [-0.15, -0.1) is 0 Å². The third kappa shape index (κ3) is 5.04. The highest BCUT2D eigenvalue weighted by atomic mass is 16.5. The maximum Gasteiger partial charge on any atom is 0.325 e. The number of aryl methyl sites for hydroxylation is 1. The van der Waals surface area contributed by atoms with Gasteiger partial charge >= 0.3 is 5.97 Å². The van der Waals surface area contributed by atoms with Gasteiger partial charge in [-0.3, -0.25) is 14.4 Å². The van der Waals surface area contributed by atoms with Gasteiger partial charge in [0.15, 0.2) is 5.76 Å². The lowest BCUT2D eigenvalue weighted by Gasteiger charge is -2.07. The van der Waals surface area contributed by atoms with Crippen molar-refractivity contribution in [1.82, 2.24) is 15.1 Å². The summed E-state index contributed by atoms with van der Waals surface area (Å²) in [7, 11) is 1.24. The number of rotatable bonds is 7. The third-order valence-corrected chi connectivity index (χ3v) is 4.98. The fraction of sp³-hybridized carbons (Fsp3) is 0.120. The van der Waals surface area contributed by atoms with E-state index in [9.17, 15) is 14.4 Å². The molecule has 0 saturated heterocycles. The number of para-hydroxylation sites is 1. The van der Waals surface area contributed by atoms with E-state index >= 15 is 0 Å². The summed E-state index contributed by atoms with van der Waals surface area (Å²) in [4.78, 5) is 36.5. The average molecular weight is 458 g/mol. The van der Waals surface area contributed by atoms with Crippen LogP contribution in [0.2, 0.25) is 0 Å². The Morgan fingerprint density at radius 1 is 0.971 bits per heavy atom. The number of carbonyl (C=O) groups excluding carboxylic acids is 3. The highest BCUT2D eigenvalue weighted by Gasteiger charge is 2.21. The summed E-state index contributed by atoms with van der Waals surface area (Å²) in [5.41, 5.74) is 2.37. The van der Waals surface area contributed by atoms with Crippen LogP contribution in [0, 0.1) is 6.92 Å². The van der Waals surface area contributed by atoms with E-state index in [1.165, 1.54) is 7.11 Å². The predicted molar refractivity (Wildman–Crippen MR) is 125 cm³/mol. The predicted octanol–water partition coefficient (Wildman–Crippen LogP) is 3.60. The standard InChI is InChI=1S/C25H22N4O5/c1-16-8-13-21(34-16)23-20(15-29(28-23)19-6-4-3-5-7-19)25(32)27-18-11-9-17(10-12-18)24(31)26-14-22(30)33-2/h3-13,15H,14H2,1-2H3,(H,26,31)(H,27,32). The number of carbonyl (C=O) groups is 3. The fourth-order valence-electron chi connectivity index (χ4n) is 3.23. The minimum Gasteiger partial charge on any atom is -0.468 e. The molecule has 34 heavy (non-hydrogen) atoms. The molecule has 2 heterocycles. The topological polar surface area (TPSA) is 115 Å². The van der Waals surface area contributed by atoms with Crippen LogP contribution in [0.25, 0.3) is 17.1 Å². The molecule has 0 saturated carbocycles. The van der Waals surface area contributed by atoms with Crippen LogP contribution in [0.15, 0.2) is 77.3 Å². The smallest absolute Gasteiger partial charge is 0.325 e. The van der Waals surface area contributed by atoms with Gasteiger partial charge in [-0.25, -0.2) is 4.68 Å². The van der Waals surface area contributed by atoms with Crippen molar-refractivity contribution in [2.75, 3.05) is 19.0 Å². The van der Waals surface area contributed by atoms with Gasteiger partial charge in [0.2, 0.25) is 0 Å². The number of aromatic nitrogens is 2. The number of ether oxygens (including phenoxy) is 1. The largest absolute Gasteiger partial charge is 0.468 e. The maximum absolute atomic E-state index is 13.2. The molecule has 2 aromatic heterocycles. The number of esters is 1. The number of hydrogen-bond donors (Lipinski definition) is 2. The molecule has 0 unspecified atom stereocenters. The summed E-state index contributed by atoms with van der Waals surface area (Å²) in [6.45, 7) is 1.59. The number of nitrogens with zero attached hydrogens (tertiary/aromatic N) is 2. The molecule has 9 heteroatoms. The van der Waals surface area contributed by atoms with Crippen LogP contribution >= 0.6 is 0 Å². The molecule has 2 aromatic carbocycles. The second-order valence-corrected chi connectivity index (χ2v) is 7.37. The van der Waals surface area contributed by atoms with Crippen LogP contribution in [0.4, 0.5) is 5.69 Å². The van der Waals surface area contributed by atoms with E-state index in [0.717, 1.165) is 5.69 Å². The van der Waals surface area contributed by atoms with Crippen molar-refractivity contribution >= 4 is 23.5 Å². The first-order valence-corrected chi connectivity index (χ1v) is 10.4. The van der Waals surface area contributed by atoms with E-state index in [0.29, 0.717) is 34.0 Å². The zero-order valence-corrected chi connectivity index (χ0v) is 18.6. The van der Waals surface area contributed by atoms with Crippen LogP contribution in [0.5, 0.6) is 0 Å². The maximum atomic E-state index is 13.2. The number of benzene rings is 2. The molecular formula is C25H22N4O5. The Balaban J connectivity index is 1.55. The van der Waals surface area contributed by atoms with Gasteiger partial charge in [0.25, 0.3) is 11.8 Å². The number of methoxy groups -OCH3 is 1. The number of nitrogens with one attached hydrogen (secondary N) is 2. The molecule has 0 aliphatic rings. The van der Waals surface area contributed by atoms with Crippen LogP contribution in [0.3, 0.4) is 0 Å². The van der Waals surface area contributed by atoms with Crippen molar-refractivity contribution in [2.24, 2.45) is 0 Å². The van der Waals surface area contributed by atoms with Crippen molar-refractivity contribution in [2.45, 2.75) is 6.92 Å². The van der Waals surface area contributed by atoms with Crippen molar-refractivity contribution in [1.29, 1.82) is 0 Å². The molecular weight excluding hydrogens is 436 g/mol. The van der Waals surface area contributed by atoms with E-state index < -0.39 is 11.9 Å². The molecule has 9 nitrogen and oxygen atoms in total. The Morgan fingerprint density at radius 2 is 1.71 bits per heavy atom. The van der Waals surface area contributed by atoms with E-state index in [1.54, 1.807) is 41.2 Å². The van der Waals surface area contributed by atoms with Gasteiger partial charge in [-0.1, -0.05) is 18.2 Å². The first kappa shape index (κ1) is 22.5. The third-order valence-electron chi connectivity index (χ3n) is 4.98. The Kier molecular flexibility index (Phi) is 6.54. The van der Waals surface area contributed by atoms with E-state index in [4.69, 9.17) is 4.42 Å². The van der Waals surface area contributed by atoms with Crippen molar-refractivity contribution < 1.29 is 23.5 Å². The molecule has 2 N–H and O–H groups in total. The molecule has 172 valence electrons. The van der Waals surface area contributed by atoms with Crippen molar-refractivity contribution in [3.8, 4) is 17.1 Å². The van der Waals surface area contributed by atoms with Crippen LogP contribution in [0.1, 0.15) is 26.5 Å². The number of amides is 2. The molecule has 0 bridgehead atoms. The van der Waals surface area contributed by atoms with E-state index in [1.807, 2.05) is 43.3 Å². The summed E-state index contributed by atoms with van der Waals surface area (Å²) >= 11 is 0. The Labute approximate surface area is 195 Å². The highest BCUT2D eigenvalue weighted by molar-refractivity contribution is 6.08. The second-order valence-electron chi connectivity index (χ2n) is 7.37. The van der Waals surface area contributed by atoms with Gasteiger partial charge < -0.3 is 19.8 Å². The van der Waals surface area contributed by atoms with Crippen molar-refractivity contribution in [3.63, 3.8) is 0 Å². The second kappa shape index (κ2) is 9.86. The number of hydrogen-bond acceptors (Lipinski definition) is 6. The summed E-state index contributed by atoms with van der Waals surface area (Å²) < 4.78 is 11.8. The Hall–Kier alpha value is -4.66. The van der Waals surface area contributed by atoms with Gasteiger partial charge in [-0.2, -0.15) is 5.10 Å². The summed E-state index contributed by atoms with van der Waals surface area (Å²) in [5, 5.41) is 9.86. The molecule has 0 spiro atoms. The van der Waals surface area contributed by atoms with Gasteiger partial charge in [0.1, 0.15) is 18.0 Å². The fourth-order valence-corrected chi connectivity index (χ4v) is 3.23. The molecule has 4 rings (SSSR count). The van der Waals surface area contributed by atoms with E-state index in [2.05, 4.69) is 20.5 Å². The molecule has 4 aromatic rings. The number of furan rings is 1. The Morgan fingerprint density at radius 3 is 2.35 bits per heavy atom. The first-order valence-electron chi connectivity index (χ1n) is 10.4. The molecule has 2 amide bonds. The quantitative estimate of drug-likeness (QED) is 0.409. The zero-order chi connectivity index (χ0) is 24.1. The minimum absolute atomic E-state index is 0.228. The molecule has 0 fully saturated rings. The van der Waals surface area contributed by atoms with Gasteiger partial charge in [-0.05, 0) is 55.5 Å². The molecule has 0 aliphatic heterocycles. The zero-order valence-electron chi connectivity index (χ0n) is 18.6. The number of anilines is 1. The van der Waals surface area contributed by atoms with Crippen LogP contribution in [-0.2, 0) is 9.53 Å². The van der Waals surface area contributed by atoms with Crippen LogP contribution in [-0.4, -0.2) is 41.2 Å². The SMILES string of the molecule is COC(=O)CNC(=O)c1ccc(NC(=O)c2cn(-c3ccccc3)nc2-c2ccc(C)o2)cc1. The average Bonchev–Trinajstić information content (AvgIpc) is 3.50. The van der Waals surface area contributed by atoms with E-state index in [-0.39, 0.29) is 12.5 Å². The van der Waals surface area contributed by atoms with Gasteiger partial charge in [0.05, 0.1) is 18.4 Å². The van der Waals surface area contributed by atoms with Gasteiger partial charge in [0, 0.05) is 17.4 Å². The first-order chi connectivity index (χ1) is 16.4. The van der Waals surface area contributed by atoms with Crippen LogP contribution < -0.4 is 10.6 Å². The summed E-state index contributed by atoms with van der Waals surface area (Å²) in [6.07, 6.45) is 1.65. The normalized spacial score (nSPS) is 10.5. The lowest BCUT2D eigenvalue weighted by Crippen LogP contribution is -2.30. The molecule has 0 atom stereocenters. The Bertz CT molecular complexity index is 1320. The highest BCUT2D eigenvalue weighted by Crippen LogP contribution is 2.26. The minimum atomic E-state index is -0.546. The molecule has 0 radical (unpaired) electrons. The lowest BCUT2D eigenvalue weighted by atomic mass is 10.1. The lowest BCUT2D eigenvalue weighted by molar-refractivity contribution is -0.139. The summed E-state index contributed by atoms with van der Waals surface area (Å²) in [6, 6.07) is 19.3. The molecule has 0 aliphatic carbocycles.